The van der Waals surface area contributed by atoms with Gasteiger partial charge in [0, 0.05) is 11.0 Å². The average Bonchev–Trinajstić information content (AvgIpc) is 2.40. The van der Waals surface area contributed by atoms with Crippen LogP contribution >= 0.6 is 15.9 Å². The van der Waals surface area contributed by atoms with Gasteiger partial charge in [0.25, 0.3) is 0 Å². The molecule has 0 saturated carbocycles. The molecule has 0 aliphatic heterocycles. The number of hydrogen-bond donors (Lipinski definition) is 2. The number of oxime groups is 1. The summed E-state index contributed by atoms with van der Waals surface area (Å²) in [4.78, 5) is 13.8. The smallest absolute Gasteiger partial charge is 0.227 e. The van der Waals surface area contributed by atoms with Crippen molar-refractivity contribution in [2.75, 3.05) is 13.1 Å². The Morgan fingerprint density at radius 1 is 1.42 bits per heavy atom. The van der Waals surface area contributed by atoms with E-state index < -0.39 is 0 Å². The van der Waals surface area contributed by atoms with Crippen LogP contribution in [0.5, 0.6) is 0 Å². The Hall–Kier alpha value is -1.56. The first-order valence-electron chi connectivity index (χ1n) is 6.05. The summed E-state index contributed by atoms with van der Waals surface area (Å²) in [6.45, 7) is 2.72. The maximum Gasteiger partial charge on any atom is 0.227 e. The molecule has 0 radical (unpaired) electrons. The van der Waals surface area contributed by atoms with Gasteiger partial charge < -0.3 is 15.8 Å². The van der Waals surface area contributed by atoms with Gasteiger partial charge in [0.15, 0.2) is 5.84 Å². The minimum absolute atomic E-state index is 0.0317. The number of carbonyl (C=O) groups excluding carboxylic acids is 1. The van der Waals surface area contributed by atoms with Gasteiger partial charge in [-0.15, -0.1) is 0 Å². The van der Waals surface area contributed by atoms with Gasteiger partial charge in [-0.25, -0.2) is 0 Å². The highest BCUT2D eigenvalue weighted by molar-refractivity contribution is 9.10. The molecule has 0 atom stereocenters. The van der Waals surface area contributed by atoms with Crippen molar-refractivity contribution in [2.24, 2.45) is 10.9 Å². The molecule has 0 aliphatic carbocycles. The van der Waals surface area contributed by atoms with E-state index in [2.05, 4.69) is 21.1 Å². The van der Waals surface area contributed by atoms with E-state index in [9.17, 15) is 4.79 Å². The number of benzene rings is 1. The van der Waals surface area contributed by atoms with E-state index in [1.165, 1.54) is 0 Å². The molecule has 5 nitrogen and oxygen atoms in total. The largest absolute Gasteiger partial charge is 0.409 e. The molecule has 0 saturated heterocycles. The molecule has 6 heteroatoms. The van der Waals surface area contributed by atoms with Crippen molar-refractivity contribution in [1.29, 1.82) is 0 Å². The molecule has 0 unspecified atom stereocenters. The van der Waals surface area contributed by atoms with E-state index in [4.69, 9.17) is 10.9 Å². The molecular formula is C13H18BrN3O2. The highest BCUT2D eigenvalue weighted by Gasteiger charge is 2.14. The Bertz CT molecular complexity index is 446. The molecule has 1 aromatic carbocycles. The van der Waals surface area contributed by atoms with E-state index in [-0.39, 0.29) is 18.3 Å². The molecule has 1 rings (SSSR count). The lowest BCUT2D eigenvalue weighted by atomic mass is 10.1. The predicted molar refractivity (Wildman–Crippen MR) is 78.1 cm³/mol. The monoisotopic (exact) mass is 327 g/mol. The third kappa shape index (κ3) is 5.30. The molecule has 0 bridgehead atoms. The zero-order chi connectivity index (χ0) is 14.3. The number of nitrogens with zero attached hydrogens (tertiary/aromatic N) is 2. The Balaban J connectivity index is 2.68. The lowest BCUT2D eigenvalue weighted by molar-refractivity contribution is -0.129. The maximum atomic E-state index is 12.2. The Morgan fingerprint density at radius 2 is 2.05 bits per heavy atom. The summed E-state index contributed by atoms with van der Waals surface area (Å²) in [5, 5.41) is 11.5. The minimum atomic E-state index is -0.0317. The van der Waals surface area contributed by atoms with Crippen LogP contribution in [0.4, 0.5) is 0 Å². The topological polar surface area (TPSA) is 78.9 Å². The van der Waals surface area contributed by atoms with E-state index in [0.29, 0.717) is 13.0 Å². The molecule has 0 aromatic heterocycles. The second-order valence-corrected chi connectivity index (χ2v) is 5.13. The maximum absolute atomic E-state index is 12.2. The van der Waals surface area contributed by atoms with Crippen molar-refractivity contribution in [3.63, 3.8) is 0 Å². The van der Waals surface area contributed by atoms with Gasteiger partial charge in [-0.3, -0.25) is 4.79 Å². The molecule has 0 spiro atoms. The molecular weight excluding hydrogens is 310 g/mol. The summed E-state index contributed by atoms with van der Waals surface area (Å²) in [7, 11) is 0. The number of amidine groups is 1. The van der Waals surface area contributed by atoms with Gasteiger partial charge in [-0.1, -0.05) is 40.1 Å². The highest BCUT2D eigenvalue weighted by atomic mass is 79.9. The fourth-order valence-electron chi connectivity index (χ4n) is 1.68. The molecule has 0 fully saturated rings. The van der Waals surface area contributed by atoms with E-state index in [0.717, 1.165) is 16.5 Å². The third-order valence-corrected chi connectivity index (χ3v) is 3.12. The zero-order valence-electron chi connectivity index (χ0n) is 10.8. The summed E-state index contributed by atoms with van der Waals surface area (Å²) in [5.74, 6) is 0.00776. The molecule has 0 heterocycles. The third-order valence-electron chi connectivity index (χ3n) is 2.60. The van der Waals surface area contributed by atoms with Crippen molar-refractivity contribution in [3.05, 3.63) is 34.3 Å². The first kappa shape index (κ1) is 15.5. The van der Waals surface area contributed by atoms with Gasteiger partial charge in [-0.2, -0.15) is 0 Å². The highest BCUT2D eigenvalue weighted by Crippen LogP contribution is 2.11. The lowest BCUT2D eigenvalue weighted by Gasteiger charge is -2.21. The van der Waals surface area contributed by atoms with Crippen molar-refractivity contribution < 1.29 is 10.0 Å². The summed E-state index contributed by atoms with van der Waals surface area (Å²) in [5.41, 5.74) is 6.39. The van der Waals surface area contributed by atoms with E-state index >= 15 is 0 Å². The minimum Gasteiger partial charge on any atom is -0.409 e. The second kappa shape index (κ2) is 7.78. The van der Waals surface area contributed by atoms with E-state index in [1.807, 2.05) is 31.2 Å². The molecule has 3 N–H and O–H groups in total. The Morgan fingerprint density at radius 3 is 2.58 bits per heavy atom. The van der Waals surface area contributed by atoms with Crippen molar-refractivity contribution in [3.8, 4) is 0 Å². The molecule has 0 aliphatic rings. The Labute approximate surface area is 121 Å². The number of rotatable bonds is 6. The zero-order valence-corrected chi connectivity index (χ0v) is 12.4. The fraction of sp³-hybridized carbons (Fsp3) is 0.385. The Kier molecular flexibility index (Phi) is 6.35. The first-order chi connectivity index (χ1) is 9.06. The van der Waals surface area contributed by atoms with Crippen molar-refractivity contribution in [1.82, 2.24) is 4.90 Å². The quantitative estimate of drug-likeness (QED) is 0.363. The molecule has 19 heavy (non-hydrogen) atoms. The number of hydrogen-bond acceptors (Lipinski definition) is 3. The first-order valence-corrected chi connectivity index (χ1v) is 6.84. The van der Waals surface area contributed by atoms with Crippen LogP contribution in [0.25, 0.3) is 0 Å². The van der Waals surface area contributed by atoms with Crippen LogP contribution in [0.3, 0.4) is 0 Å². The molecule has 1 aromatic rings. The van der Waals surface area contributed by atoms with Gasteiger partial charge in [0.05, 0.1) is 13.0 Å². The molecule has 1 amide bonds. The van der Waals surface area contributed by atoms with Crippen LogP contribution in [0.15, 0.2) is 33.9 Å². The number of nitrogens with two attached hydrogens (primary N) is 1. The van der Waals surface area contributed by atoms with Crippen molar-refractivity contribution >= 4 is 27.7 Å². The summed E-state index contributed by atoms with van der Waals surface area (Å²) in [6, 6.07) is 7.60. The van der Waals surface area contributed by atoms with Gasteiger partial charge in [0.1, 0.15) is 0 Å². The summed E-state index contributed by atoms with van der Waals surface area (Å²) < 4.78 is 0.978. The number of carbonyl (C=O) groups is 1. The van der Waals surface area contributed by atoms with Crippen molar-refractivity contribution in [2.45, 2.75) is 19.8 Å². The average molecular weight is 328 g/mol. The number of amides is 1. The standard InChI is InChI=1S/C13H18BrN3O2/c1-2-7-17(9-12(15)16-19)13(18)8-10-3-5-11(14)6-4-10/h3-6,19H,2,7-9H2,1H3,(H2,15,16). The van der Waals surface area contributed by atoms with Crippen LogP contribution in [-0.2, 0) is 11.2 Å². The van der Waals surface area contributed by atoms with Crippen LogP contribution in [0, 0.1) is 0 Å². The van der Waals surface area contributed by atoms with Gasteiger partial charge >= 0.3 is 0 Å². The van der Waals surface area contributed by atoms with Crippen LogP contribution < -0.4 is 5.73 Å². The summed E-state index contributed by atoms with van der Waals surface area (Å²) in [6.07, 6.45) is 1.14. The lowest BCUT2D eigenvalue weighted by Crippen LogP contribution is -2.39. The molecule has 104 valence electrons. The normalized spacial score (nSPS) is 11.4. The fourth-order valence-corrected chi connectivity index (χ4v) is 1.94. The van der Waals surface area contributed by atoms with Gasteiger partial charge in [-0.05, 0) is 24.1 Å². The number of halogens is 1. The van der Waals surface area contributed by atoms with E-state index in [1.54, 1.807) is 4.90 Å². The van der Waals surface area contributed by atoms with Crippen LogP contribution in [0.2, 0.25) is 0 Å². The second-order valence-electron chi connectivity index (χ2n) is 4.21. The van der Waals surface area contributed by atoms with Crippen LogP contribution in [0.1, 0.15) is 18.9 Å². The summed E-state index contributed by atoms with van der Waals surface area (Å²) >= 11 is 3.35. The van der Waals surface area contributed by atoms with Gasteiger partial charge in [0.2, 0.25) is 5.91 Å². The SMILES string of the molecule is CCCN(CC(N)=NO)C(=O)Cc1ccc(Br)cc1. The predicted octanol–water partition coefficient (Wildman–Crippen LogP) is 1.98. The van der Waals surface area contributed by atoms with Crippen LogP contribution in [-0.4, -0.2) is 34.9 Å².